The number of nitrogens with zero attached hydrogens (tertiary/aromatic N) is 2. The molecular formula is C14H21N3O2S. The molecule has 2 atom stereocenters. The second-order valence-electron chi connectivity index (χ2n) is 5.70. The fourth-order valence-electron chi connectivity index (χ4n) is 3.42. The fourth-order valence-corrected chi connectivity index (χ4v) is 4.24. The van der Waals surface area contributed by atoms with Crippen molar-refractivity contribution in [2.45, 2.75) is 32.4 Å². The summed E-state index contributed by atoms with van der Waals surface area (Å²) in [7, 11) is 1.72. The van der Waals surface area contributed by atoms with E-state index in [9.17, 15) is 4.79 Å². The molecular weight excluding hydrogens is 274 g/mol. The van der Waals surface area contributed by atoms with Gasteiger partial charge in [-0.1, -0.05) is 0 Å². The first-order valence-electron chi connectivity index (χ1n) is 7.11. The number of likely N-dealkylation sites (tertiary alicyclic amines) is 1. The Labute approximate surface area is 123 Å². The third kappa shape index (κ3) is 2.25. The number of aryl methyl sites for hydroxylation is 1. The fraction of sp³-hybridized carbons (Fsp3) is 0.714. The van der Waals surface area contributed by atoms with Crippen LogP contribution in [0.1, 0.15) is 23.4 Å². The van der Waals surface area contributed by atoms with Crippen LogP contribution >= 0.6 is 11.3 Å². The number of fused-ring (bicyclic) bond motifs is 1. The molecule has 3 rings (SSSR count). The molecule has 0 unspecified atom stereocenters. The molecule has 0 spiro atoms. The molecule has 1 aromatic rings. The molecule has 20 heavy (non-hydrogen) atoms. The summed E-state index contributed by atoms with van der Waals surface area (Å²) in [6.45, 7) is 5.41. The summed E-state index contributed by atoms with van der Waals surface area (Å²) >= 11 is 1.70. The van der Waals surface area contributed by atoms with Crippen LogP contribution in [0.4, 0.5) is 0 Å². The summed E-state index contributed by atoms with van der Waals surface area (Å²) in [5, 5.41) is 2.83. The van der Waals surface area contributed by atoms with Gasteiger partial charge in [-0.15, -0.1) is 11.3 Å². The van der Waals surface area contributed by atoms with Gasteiger partial charge in [0.1, 0.15) is 0 Å². The summed E-state index contributed by atoms with van der Waals surface area (Å²) < 4.78 is 5.79. The number of carbonyl (C=O) groups excluding carboxylic acids is 1. The summed E-state index contributed by atoms with van der Waals surface area (Å²) in [5.41, 5.74) is 2.64. The third-order valence-electron chi connectivity index (χ3n) is 4.59. The number of rotatable bonds is 3. The van der Waals surface area contributed by atoms with Gasteiger partial charge in [0.05, 0.1) is 22.7 Å². The molecule has 2 aliphatic heterocycles. The Bertz CT molecular complexity index is 504. The van der Waals surface area contributed by atoms with Gasteiger partial charge in [-0.3, -0.25) is 9.69 Å². The highest BCUT2D eigenvalue weighted by Crippen LogP contribution is 2.41. The Kier molecular flexibility index (Phi) is 3.79. The Morgan fingerprint density at radius 3 is 3.25 bits per heavy atom. The molecule has 3 heterocycles. The number of piperidine rings is 1. The van der Waals surface area contributed by atoms with Gasteiger partial charge >= 0.3 is 0 Å². The van der Waals surface area contributed by atoms with Crippen LogP contribution in [0.5, 0.6) is 0 Å². The quantitative estimate of drug-likeness (QED) is 0.910. The number of hydrogen-bond donors (Lipinski definition) is 1. The monoisotopic (exact) mass is 295 g/mol. The van der Waals surface area contributed by atoms with E-state index in [4.69, 9.17) is 4.74 Å². The predicted octanol–water partition coefficient (Wildman–Crippen LogP) is 1.18. The van der Waals surface area contributed by atoms with Crippen molar-refractivity contribution < 1.29 is 9.53 Å². The molecule has 1 aromatic heterocycles. The highest BCUT2D eigenvalue weighted by Gasteiger charge is 2.52. The standard InChI is InChI=1S/C14H21N3O2S/c1-10-11(20-9-16-10)7-17-5-3-12-14(8-17,4-6-19-12)13(18)15-2/h9,12H,3-8H2,1-2H3,(H,15,18)/t12-,14-/m1/s1. The average molecular weight is 295 g/mol. The highest BCUT2D eigenvalue weighted by atomic mass is 32.1. The molecule has 2 saturated heterocycles. The average Bonchev–Trinajstić information content (AvgIpc) is 3.05. The van der Waals surface area contributed by atoms with E-state index in [2.05, 4.69) is 15.2 Å². The van der Waals surface area contributed by atoms with Gasteiger partial charge in [-0.05, 0) is 19.8 Å². The Morgan fingerprint density at radius 1 is 1.70 bits per heavy atom. The smallest absolute Gasteiger partial charge is 0.229 e. The van der Waals surface area contributed by atoms with Crippen molar-refractivity contribution in [1.29, 1.82) is 0 Å². The van der Waals surface area contributed by atoms with E-state index in [-0.39, 0.29) is 17.4 Å². The lowest BCUT2D eigenvalue weighted by Crippen LogP contribution is -2.56. The van der Waals surface area contributed by atoms with Crippen molar-refractivity contribution in [3.05, 3.63) is 16.1 Å². The molecule has 0 radical (unpaired) electrons. The Balaban J connectivity index is 1.76. The molecule has 0 saturated carbocycles. The van der Waals surface area contributed by atoms with Gasteiger partial charge in [0.2, 0.25) is 5.91 Å². The minimum atomic E-state index is -0.356. The number of amides is 1. The highest BCUT2D eigenvalue weighted by molar-refractivity contribution is 7.09. The van der Waals surface area contributed by atoms with Crippen molar-refractivity contribution >= 4 is 17.2 Å². The van der Waals surface area contributed by atoms with E-state index in [1.165, 1.54) is 4.88 Å². The number of hydrogen-bond acceptors (Lipinski definition) is 5. The minimum absolute atomic E-state index is 0.0845. The largest absolute Gasteiger partial charge is 0.377 e. The van der Waals surface area contributed by atoms with Gasteiger partial charge in [0, 0.05) is 38.2 Å². The van der Waals surface area contributed by atoms with Crippen LogP contribution in [-0.4, -0.2) is 48.6 Å². The summed E-state index contributed by atoms with van der Waals surface area (Å²) in [4.78, 5) is 20.3. The van der Waals surface area contributed by atoms with Crippen molar-refractivity contribution in [3.8, 4) is 0 Å². The first kappa shape index (κ1) is 14.0. The van der Waals surface area contributed by atoms with Crippen LogP contribution in [0.3, 0.4) is 0 Å². The van der Waals surface area contributed by atoms with Gasteiger partial charge < -0.3 is 10.1 Å². The topological polar surface area (TPSA) is 54.5 Å². The van der Waals surface area contributed by atoms with Crippen LogP contribution in [0, 0.1) is 12.3 Å². The molecule has 6 heteroatoms. The van der Waals surface area contributed by atoms with Gasteiger partial charge in [0.25, 0.3) is 0 Å². The molecule has 0 aromatic carbocycles. The predicted molar refractivity (Wildman–Crippen MR) is 77.6 cm³/mol. The van der Waals surface area contributed by atoms with E-state index in [0.717, 1.165) is 38.2 Å². The molecule has 0 aliphatic carbocycles. The van der Waals surface area contributed by atoms with Crippen LogP contribution in [-0.2, 0) is 16.1 Å². The first-order chi connectivity index (χ1) is 9.65. The maximum Gasteiger partial charge on any atom is 0.229 e. The summed E-state index contributed by atoms with van der Waals surface area (Å²) in [5.74, 6) is 0.130. The van der Waals surface area contributed by atoms with Gasteiger partial charge in [-0.25, -0.2) is 4.98 Å². The van der Waals surface area contributed by atoms with Gasteiger partial charge in [0.15, 0.2) is 0 Å². The maximum atomic E-state index is 12.4. The second-order valence-corrected chi connectivity index (χ2v) is 6.64. The Morgan fingerprint density at radius 2 is 2.55 bits per heavy atom. The zero-order valence-electron chi connectivity index (χ0n) is 12.0. The van der Waals surface area contributed by atoms with Crippen LogP contribution < -0.4 is 5.32 Å². The zero-order valence-corrected chi connectivity index (χ0v) is 12.8. The summed E-state index contributed by atoms with van der Waals surface area (Å²) in [6, 6.07) is 0. The van der Waals surface area contributed by atoms with Gasteiger partial charge in [-0.2, -0.15) is 0 Å². The second kappa shape index (κ2) is 5.42. The lowest BCUT2D eigenvalue weighted by atomic mass is 9.75. The minimum Gasteiger partial charge on any atom is -0.377 e. The maximum absolute atomic E-state index is 12.4. The van der Waals surface area contributed by atoms with Crippen molar-refractivity contribution in [1.82, 2.24) is 15.2 Å². The molecule has 0 bridgehead atoms. The number of aromatic nitrogens is 1. The van der Waals surface area contributed by atoms with Crippen molar-refractivity contribution in [2.75, 3.05) is 26.7 Å². The van der Waals surface area contributed by atoms with E-state index in [1.54, 1.807) is 18.4 Å². The van der Waals surface area contributed by atoms with E-state index in [1.807, 2.05) is 12.4 Å². The van der Waals surface area contributed by atoms with Crippen molar-refractivity contribution in [3.63, 3.8) is 0 Å². The van der Waals surface area contributed by atoms with E-state index in [0.29, 0.717) is 6.61 Å². The van der Waals surface area contributed by atoms with Crippen LogP contribution in [0.25, 0.3) is 0 Å². The van der Waals surface area contributed by atoms with E-state index < -0.39 is 0 Å². The summed E-state index contributed by atoms with van der Waals surface area (Å²) in [6.07, 6.45) is 1.85. The number of carbonyl (C=O) groups is 1. The SMILES string of the molecule is CNC(=O)[C@@]12CCO[C@@H]1CCN(Cc1scnc1C)C2. The lowest BCUT2D eigenvalue weighted by molar-refractivity contribution is -0.138. The lowest BCUT2D eigenvalue weighted by Gasteiger charge is -2.42. The molecule has 110 valence electrons. The van der Waals surface area contributed by atoms with Crippen LogP contribution in [0.15, 0.2) is 5.51 Å². The third-order valence-corrected chi connectivity index (χ3v) is 5.51. The first-order valence-corrected chi connectivity index (χ1v) is 7.99. The van der Waals surface area contributed by atoms with Crippen LogP contribution in [0.2, 0.25) is 0 Å². The molecule has 2 fully saturated rings. The Hall–Kier alpha value is -0.980. The molecule has 1 N–H and O–H groups in total. The van der Waals surface area contributed by atoms with E-state index >= 15 is 0 Å². The van der Waals surface area contributed by atoms with Crippen molar-refractivity contribution in [2.24, 2.45) is 5.41 Å². The zero-order chi connectivity index (χ0) is 14.2. The molecule has 1 amide bonds. The number of nitrogens with one attached hydrogen (secondary N) is 1. The number of ether oxygens (including phenoxy) is 1. The molecule has 5 nitrogen and oxygen atoms in total. The number of thiazole rings is 1. The molecule has 2 aliphatic rings. The normalized spacial score (nSPS) is 30.2.